The van der Waals surface area contributed by atoms with Crippen LogP contribution in [-0.4, -0.2) is 32.9 Å². The summed E-state index contributed by atoms with van der Waals surface area (Å²) in [6, 6.07) is 17.7. The zero-order valence-electron chi connectivity index (χ0n) is 14.0. The van der Waals surface area contributed by atoms with E-state index in [-0.39, 0.29) is 5.91 Å². The number of carbonyl (C=O) groups excluding carboxylic acids is 1. The Labute approximate surface area is 148 Å². The van der Waals surface area contributed by atoms with Crippen LogP contribution in [0.1, 0.15) is 10.5 Å². The maximum Gasteiger partial charge on any atom is 0.271 e. The largest absolute Gasteiger partial charge is 0.354 e. The molecule has 6 heteroatoms. The Morgan fingerprint density at radius 1 is 0.923 bits per heavy atom. The van der Waals surface area contributed by atoms with Gasteiger partial charge in [-0.25, -0.2) is 9.97 Å². The number of pyridine rings is 1. The lowest BCUT2D eigenvalue weighted by Crippen LogP contribution is -2.20. The third kappa shape index (κ3) is 2.09. The highest BCUT2D eigenvalue weighted by molar-refractivity contribution is 6.14. The lowest BCUT2D eigenvalue weighted by molar-refractivity contribution is 0.0960. The van der Waals surface area contributed by atoms with Gasteiger partial charge in [-0.1, -0.05) is 30.3 Å². The van der Waals surface area contributed by atoms with Gasteiger partial charge in [0.2, 0.25) is 0 Å². The Morgan fingerprint density at radius 2 is 1.69 bits per heavy atom. The number of rotatable bonds is 2. The number of imidazole rings is 1. The Kier molecular flexibility index (Phi) is 3.05. The van der Waals surface area contributed by atoms with Crippen LogP contribution in [0, 0.1) is 0 Å². The fraction of sp³-hybridized carbons (Fsp3) is 0.0500. The van der Waals surface area contributed by atoms with Gasteiger partial charge in [0.25, 0.3) is 5.91 Å². The van der Waals surface area contributed by atoms with Crippen molar-refractivity contribution in [3.05, 3.63) is 60.3 Å². The van der Waals surface area contributed by atoms with Gasteiger partial charge in [0.1, 0.15) is 5.69 Å². The molecule has 0 unspecified atom stereocenters. The van der Waals surface area contributed by atoms with Crippen molar-refractivity contribution in [2.24, 2.45) is 0 Å². The van der Waals surface area contributed by atoms with E-state index in [1.807, 2.05) is 54.6 Å². The summed E-state index contributed by atoms with van der Waals surface area (Å²) in [6.07, 6.45) is 0. The second kappa shape index (κ2) is 5.42. The number of hydrogen-bond acceptors (Lipinski definition) is 3. The molecule has 0 aliphatic rings. The highest BCUT2D eigenvalue weighted by Gasteiger charge is 2.18. The molecule has 26 heavy (non-hydrogen) atoms. The molecule has 0 spiro atoms. The van der Waals surface area contributed by atoms with Crippen LogP contribution in [0.5, 0.6) is 0 Å². The number of H-pyrrole nitrogens is 2. The molecular weight excluding hydrogens is 326 g/mol. The molecule has 6 nitrogen and oxygen atoms in total. The number of aromatic amines is 2. The van der Waals surface area contributed by atoms with Crippen molar-refractivity contribution in [2.45, 2.75) is 0 Å². The van der Waals surface area contributed by atoms with Gasteiger partial charge in [0.15, 0.2) is 11.5 Å². The van der Waals surface area contributed by atoms with Crippen molar-refractivity contribution in [3.8, 4) is 11.5 Å². The predicted molar refractivity (Wildman–Crippen MR) is 102 cm³/mol. The Morgan fingerprint density at radius 3 is 2.50 bits per heavy atom. The molecule has 0 radical (unpaired) electrons. The van der Waals surface area contributed by atoms with Crippen molar-refractivity contribution in [2.75, 3.05) is 7.05 Å². The summed E-state index contributed by atoms with van der Waals surface area (Å²) in [6.45, 7) is 0. The van der Waals surface area contributed by atoms with Gasteiger partial charge in [0, 0.05) is 23.3 Å². The zero-order chi connectivity index (χ0) is 17.7. The summed E-state index contributed by atoms with van der Waals surface area (Å²) in [4.78, 5) is 28.3. The summed E-state index contributed by atoms with van der Waals surface area (Å²) >= 11 is 0. The molecule has 1 amide bonds. The normalized spacial score (nSPS) is 11.4. The quantitative estimate of drug-likeness (QED) is 0.458. The number of fused-ring (bicyclic) bond motifs is 4. The maximum absolute atomic E-state index is 12.4. The number of benzene rings is 2. The Balaban J connectivity index is 1.85. The van der Waals surface area contributed by atoms with Crippen LogP contribution in [0.25, 0.3) is 44.4 Å². The molecule has 3 N–H and O–H groups in total. The van der Waals surface area contributed by atoms with E-state index < -0.39 is 0 Å². The lowest BCUT2D eigenvalue weighted by atomic mass is 10.1. The molecular formula is C20H15N5O. The number of hydrogen-bond donors (Lipinski definition) is 3. The van der Waals surface area contributed by atoms with Gasteiger partial charge in [-0.05, 0) is 24.3 Å². The van der Waals surface area contributed by atoms with Crippen LogP contribution in [0.3, 0.4) is 0 Å². The van der Waals surface area contributed by atoms with Crippen LogP contribution in [0.4, 0.5) is 0 Å². The molecule has 0 aliphatic heterocycles. The van der Waals surface area contributed by atoms with Crippen LogP contribution in [-0.2, 0) is 0 Å². The minimum atomic E-state index is -0.237. The lowest BCUT2D eigenvalue weighted by Gasteiger charge is -2.04. The zero-order valence-corrected chi connectivity index (χ0v) is 14.0. The molecule has 5 aromatic rings. The average Bonchev–Trinajstić information content (AvgIpc) is 3.28. The van der Waals surface area contributed by atoms with E-state index >= 15 is 0 Å². The highest BCUT2D eigenvalue weighted by atomic mass is 16.1. The fourth-order valence-corrected chi connectivity index (χ4v) is 3.32. The average molecular weight is 341 g/mol. The maximum atomic E-state index is 12.4. The van der Waals surface area contributed by atoms with Crippen LogP contribution in [0.2, 0.25) is 0 Å². The second-order valence-electron chi connectivity index (χ2n) is 6.13. The molecule has 0 fully saturated rings. The molecule has 0 saturated carbocycles. The number of nitrogens with zero attached hydrogens (tertiary/aromatic N) is 2. The predicted octanol–water partition coefficient (Wildman–Crippen LogP) is 3.62. The highest BCUT2D eigenvalue weighted by Crippen LogP contribution is 2.30. The van der Waals surface area contributed by atoms with Gasteiger partial charge >= 0.3 is 0 Å². The smallest absolute Gasteiger partial charge is 0.271 e. The van der Waals surface area contributed by atoms with E-state index in [1.165, 1.54) is 0 Å². The summed E-state index contributed by atoms with van der Waals surface area (Å²) in [7, 11) is 1.60. The van der Waals surface area contributed by atoms with Gasteiger partial charge in [-0.15, -0.1) is 0 Å². The van der Waals surface area contributed by atoms with Gasteiger partial charge in [-0.2, -0.15) is 0 Å². The van der Waals surface area contributed by atoms with Crippen molar-refractivity contribution < 1.29 is 4.79 Å². The van der Waals surface area contributed by atoms with E-state index in [1.54, 1.807) is 7.05 Å². The molecule has 3 heterocycles. The Bertz CT molecular complexity index is 1260. The molecule has 2 aromatic carbocycles. The van der Waals surface area contributed by atoms with E-state index in [0.29, 0.717) is 17.2 Å². The number of carbonyl (C=O) groups is 1. The third-order valence-corrected chi connectivity index (χ3v) is 4.57. The van der Waals surface area contributed by atoms with E-state index in [0.717, 1.165) is 32.8 Å². The number of para-hydroxylation sites is 3. The molecule has 0 bridgehead atoms. The Hall–Kier alpha value is -3.67. The minimum Gasteiger partial charge on any atom is -0.354 e. The van der Waals surface area contributed by atoms with Crippen molar-refractivity contribution in [1.82, 2.24) is 25.3 Å². The third-order valence-electron chi connectivity index (χ3n) is 4.57. The summed E-state index contributed by atoms with van der Waals surface area (Å²) in [5, 5.41) is 4.67. The standard InChI is InChI=1S/C20H15N5O/c1-21-20(26)18-17-12(11-6-2-3-7-13(11)22-17)10-16(23-18)19-24-14-8-4-5-9-15(14)25-19/h2-10,22H,1H3,(H,21,26)(H,24,25). The second-order valence-corrected chi connectivity index (χ2v) is 6.13. The number of nitrogens with one attached hydrogen (secondary N) is 3. The molecule has 5 rings (SSSR count). The summed E-state index contributed by atoms with van der Waals surface area (Å²) in [5.41, 5.74) is 4.49. The first-order valence-corrected chi connectivity index (χ1v) is 8.33. The first kappa shape index (κ1) is 14.7. The van der Waals surface area contributed by atoms with Crippen LogP contribution >= 0.6 is 0 Å². The van der Waals surface area contributed by atoms with Crippen molar-refractivity contribution in [3.63, 3.8) is 0 Å². The first-order chi connectivity index (χ1) is 12.7. The fourth-order valence-electron chi connectivity index (χ4n) is 3.32. The molecule has 126 valence electrons. The molecule has 0 atom stereocenters. The SMILES string of the molecule is CNC(=O)c1nc(-c2nc3ccccc3[nH]2)cc2c1[nH]c1ccccc12. The van der Waals surface area contributed by atoms with E-state index in [9.17, 15) is 4.79 Å². The van der Waals surface area contributed by atoms with E-state index in [4.69, 9.17) is 0 Å². The summed E-state index contributed by atoms with van der Waals surface area (Å²) in [5.74, 6) is 0.406. The minimum absolute atomic E-state index is 0.237. The van der Waals surface area contributed by atoms with Crippen LogP contribution in [0.15, 0.2) is 54.6 Å². The molecule has 3 aromatic heterocycles. The number of aromatic nitrogens is 4. The van der Waals surface area contributed by atoms with Gasteiger partial charge < -0.3 is 15.3 Å². The van der Waals surface area contributed by atoms with Gasteiger partial charge in [0.05, 0.1) is 16.6 Å². The molecule has 0 saturated heterocycles. The number of amides is 1. The first-order valence-electron chi connectivity index (χ1n) is 8.33. The molecule has 0 aliphatic carbocycles. The van der Waals surface area contributed by atoms with E-state index in [2.05, 4.69) is 25.3 Å². The van der Waals surface area contributed by atoms with Crippen molar-refractivity contribution >= 4 is 38.7 Å². The summed E-state index contributed by atoms with van der Waals surface area (Å²) < 4.78 is 0. The van der Waals surface area contributed by atoms with Crippen molar-refractivity contribution in [1.29, 1.82) is 0 Å². The van der Waals surface area contributed by atoms with Crippen LogP contribution < -0.4 is 5.32 Å². The topological polar surface area (TPSA) is 86.5 Å². The monoisotopic (exact) mass is 341 g/mol. The van der Waals surface area contributed by atoms with Gasteiger partial charge in [-0.3, -0.25) is 4.79 Å².